The summed E-state index contributed by atoms with van der Waals surface area (Å²) in [4.78, 5) is 26.6. The second-order valence-electron chi connectivity index (χ2n) is 8.44. The molecule has 0 spiro atoms. The van der Waals surface area contributed by atoms with Gasteiger partial charge in [-0.15, -0.1) is 0 Å². The second-order valence-corrected chi connectivity index (χ2v) is 8.85. The van der Waals surface area contributed by atoms with Crippen molar-refractivity contribution in [1.82, 2.24) is 14.5 Å². The van der Waals surface area contributed by atoms with E-state index in [0.29, 0.717) is 39.8 Å². The van der Waals surface area contributed by atoms with E-state index in [1.807, 2.05) is 19.1 Å². The first-order chi connectivity index (χ1) is 15.9. The molecule has 2 heterocycles. The monoisotopic (exact) mass is 461 g/mol. The molecule has 0 N–H and O–H groups in total. The molecule has 0 amide bonds. The van der Waals surface area contributed by atoms with Gasteiger partial charge in [0.1, 0.15) is 0 Å². The molecule has 0 saturated carbocycles. The Morgan fingerprint density at radius 1 is 1.18 bits per heavy atom. The molecule has 5 rings (SSSR count). The Morgan fingerprint density at radius 2 is 1.97 bits per heavy atom. The maximum Gasteiger partial charge on any atom is 0.275 e. The Morgan fingerprint density at radius 3 is 2.73 bits per heavy atom. The third kappa shape index (κ3) is 3.45. The molecule has 0 radical (unpaired) electrons. The highest BCUT2D eigenvalue weighted by Crippen LogP contribution is 2.36. The normalized spacial score (nSPS) is 12.5. The number of fused-ring (bicyclic) bond motifs is 3. The first-order valence-electron chi connectivity index (χ1n) is 11.1. The van der Waals surface area contributed by atoms with E-state index in [2.05, 4.69) is 30.3 Å². The van der Waals surface area contributed by atoms with Crippen molar-refractivity contribution in [2.45, 2.75) is 39.5 Å². The molecule has 0 unspecified atom stereocenters. The predicted octanol–water partition coefficient (Wildman–Crippen LogP) is 4.88. The lowest BCUT2D eigenvalue weighted by molar-refractivity contribution is 0.0983. The van der Waals surface area contributed by atoms with Crippen molar-refractivity contribution in [3.8, 4) is 17.0 Å². The van der Waals surface area contributed by atoms with Crippen LogP contribution in [0.2, 0.25) is 5.02 Å². The van der Waals surface area contributed by atoms with E-state index in [1.54, 1.807) is 23.9 Å². The summed E-state index contributed by atoms with van der Waals surface area (Å²) in [5.41, 5.74) is 6.12. The Labute approximate surface area is 196 Å². The van der Waals surface area contributed by atoms with Crippen molar-refractivity contribution in [3.63, 3.8) is 0 Å². The van der Waals surface area contributed by atoms with Gasteiger partial charge in [0.2, 0.25) is 0 Å². The van der Waals surface area contributed by atoms with Gasteiger partial charge in [0.05, 0.1) is 10.7 Å². The number of rotatable bonds is 5. The lowest BCUT2D eigenvalue weighted by atomic mass is 9.87. The van der Waals surface area contributed by atoms with Crippen LogP contribution in [0.1, 0.15) is 45.4 Å². The Bertz CT molecular complexity index is 1460. The topological polar surface area (TPSA) is 70.0 Å². The lowest BCUT2D eigenvalue weighted by Gasteiger charge is -2.15. The molecule has 168 valence electrons. The molecule has 33 heavy (non-hydrogen) atoms. The Kier molecular flexibility index (Phi) is 5.33. The van der Waals surface area contributed by atoms with Crippen LogP contribution in [0.5, 0.6) is 0 Å². The van der Waals surface area contributed by atoms with E-state index in [9.17, 15) is 9.59 Å². The number of carbonyl (C=O) groups is 1. The van der Waals surface area contributed by atoms with E-state index in [0.717, 1.165) is 24.0 Å². The summed E-state index contributed by atoms with van der Waals surface area (Å²) >= 11 is 6.33. The van der Waals surface area contributed by atoms with E-state index in [4.69, 9.17) is 16.1 Å². The van der Waals surface area contributed by atoms with Crippen LogP contribution in [-0.2, 0) is 32.7 Å². The highest BCUT2D eigenvalue weighted by Gasteiger charge is 2.29. The van der Waals surface area contributed by atoms with Gasteiger partial charge in [0.25, 0.3) is 5.56 Å². The third-order valence-electron chi connectivity index (χ3n) is 6.61. The molecular formula is C26H24ClN3O3. The molecule has 0 atom stereocenters. The van der Waals surface area contributed by atoms with Crippen molar-refractivity contribution in [1.29, 1.82) is 0 Å². The smallest absolute Gasteiger partial charge is 0.275 e. The fraction of sp³-hybridized carbons (Fsp3) is 0.269. The standard InChI is InChI=1S/C26H24ClN3O3/c1-4-16-9-11-18-17(13-16)10-12-19-24(28-33-25(18)19)23(31)14-20-15(2)29(3)30(26(20)32)22-8-6-5-7-21(22)27/h5-9,11,13H,4,10,12,14H2,1-3H3. The Balaban J connectivity index is 1.50. The fourth-order valence-corrected chi connectivity index (χ4v) is 4.85. The van der Waals surface area contributed by atoms with Crippen LogP contribution in [0.3, 0.4) is 0 Å². The predicted molar refractivity (Wildman–Crippen MR) is 128 cm³/mol. The van der Waals surface area contributed by atoms with E-state index >= 15 is 0 Å². The zero-order valence-electron chi connectivity index (χ0n) is 18.8. The summed E-state index contributed by atoms with van der Waals surface area (Å²) in [6.45, 7) is 3.96. The number of aryl methyl sites for hydroxylation is 2. The zero-order valence-corrected chi connectivity index (χ0v) is 19.6. The second kappa shape index (κ2) is 8.19. The molecule has 6 nitrogen and oxygen atoms in total. The number of halogens is 1. The van der Waals surface area contributed by atoms with Crippen LogP contribution in [0, 0.1) is 6.92 Å². The maximum atomic E-state index is 13.3. The summed E-state index contributed by atoms with van der Waals surface area (Å²) in [5, 5.41) is 4.60. The van der Waals surface area contributed by atoms with Gasteiger partial charge >= 0.3 is 0 Å². The average Bonchev–Trinajstić information content (AvgIpc) is 3.35. The van der Waals surface area contributed by atoms with Crippen LogP contribution in [0.4, 0.5) is 0 Å². The van der Waals surface area contributed by atoms with Crippen LogP contribution < -0.4 is 5.56 Å². The van der Waals surface area contributed by atoms with E-state index in [-0.39, 0.29) is 17.8 Å². The number of Topliss-reactive ketones (excluding diaryl/α,β-unsaturated/α-hetero) is 1. The largest absolute Gasteiger partial charge is 0.355 e. The summed E-state index contributed by atoms with van der Waals surface area (Å²) in [5.74, 6) is 0.450. The first-order valence-corrected chi connectivity index (χ1v) is 11.4. The van der Waals surface area contributed by atoms with Gasteiger partial charge in [0, 0.05) is 35.9 Å². The highest BCUT2D eigenvalue weighted by molar-refractivity contribution is 6.32. The van der Waals surface area contributed by atoms with Crippen molar-refractivity contribution >= 4 is 17.4 Å². The molecule has 1 aliphatic rings. The summed E-state index contributed by atoms with van der Waals surface area (Å²) in [6.07, 6.45) is 2.46. The third-order valence-corrected chi connectivity index (χ3v) is 6.93. The van der Waals surface area contributed by atoms with Crippen molar-refractivity contribution in [2.24, 2.45) is 7.05 Å². The van der Waals surface area contributed by atoms with Gasteiger partial charge < -0.3 is 4.52 Å². The van der Waals surface area contributed by atoms with Gasteiger partial charge in [0.15, 0.2) is 17.2 Å². The number of hydrogen-bond donors (Lipinski definition) is 0. The number of carbonyl (C=O) groups excluding carboxylic acids is 1. The van der Waals surface area contributed by atoms with E-state index < -0.39 is 0 Å². The van der Waals surface area contributed by atoms with Crippen LogP contribution in [0.25, 0.3) is 17.0 Å². The molecule has 2 aromatic heterocycles. The SMILES string of the molecule is CCc1ccc2c(c1)CCc1c(C(=O)Cc3c(C)n(C)n(-c4ccccc4Cl)c3=O)noc1-2. The average molecular weight is 462 g/mol. The van der Waals surface area contributed by atoms with Crippen LogP contribution >= 0.6 is 11.6 Å². The molecule has 0 saturated heterocycles. The molecule has 0 fully saturated rings. The molecule has 1 aliphatic carbocycles. The number of hydrogen-bond acceptors (Lipinski definition) is 4. The van der Waals surface area contributed by atoms with Crippen LogP contribution in [-0.4, -0.2) is 20.3 Å². The number of nitrogens with zero attached hydrogens (tertiary/aromatic N) is 3. The lowest BCUT2D eigenvalue weighted by Crippen LogP contribution is -2.22. The fourth-order valence-electron chi connectivity index (χ4n) is 4.63. The van der Waals surface area contributed by atoms with E-state index in [1.165, 1.54) is 15.8 Å². The van der Waals surface area contributed by atoms with Gasteiger partial charge in [-0.25, -0.2) is 4.68 Å². The molecule has 0 aliphatic heterocycles. The molecule has 0 bridgehead atoms. The minimum absolute atomic E-state index is 0.0451. The van der Waals surface area contributed by atoms with Gasteiger partial charge in [-0.3, -0.25) is 14.3 Å². The Hall–Kier alpha value is -3.38. The number of ketones is 1. The summed E-state index contributed by atoms with van der Waals surface area (Å²) < 4.78 is 8.87. The maximum absolute atomic E-state index is 13.3. The molecular weight excluding hydrogens is 438 g/mol. The minimum atomic E-state index is -0.258. The summed E-state index contributed by atoms with van der Waals surface area (Å²) in [6, 6.07) is 13.5. The van der Waals surface area contributed by atoms with Crippen LogP contribution in [0.15, 0.2) is 51.8 Å². The van der Waals surface area contributed by atoms with Gasteiger partial charge in [-0.1, -0.05) is 54.0 Å². The highest BCUT2D eigenvalue weighted by atomic mass is 35.5. The number of para-hydroxylation sites is 1. The minimum Gasteiger partial charge on any atom is -0.355 e. The van der Waals surface area contributed by atoms with Crippen molar-refractivity contribution in [2.75, 3.05) is 0 Å². The molecule has 2 aromatic carbocycles. The van der Waals surface area contributed by atoms with Crippen molar-refractivity contribution in [3.05, 3.63) is 91.5 Å². The van der Waals surface area contributed by atoms with Gasteiger partial charge in [-0.05, 0) is 49.4 Å². The summed E-state index contributed by atoms with van der Waals surface area (Å²) in [7, 11) is 1.79. The first kappa shape index (κ1) is 21.5. The zero-order chi connectivity index (χ0) is 23.3. The van der Waals surface area contributed by atoms with Gasteiger partial charge in [-0.2, -0.15) is 0 Å². The number of benzene rings is 2. The van der Waals surface area contributed by atoms with Crippen molar-refractivity contribution < 1.29 is 9.32 Å². The number of aromatic nitrogens is 3. The molecule has 7 heteroatoms. The quantitative estimate of drug-likeness (QED) is 0.397. The molecule has 4 aromatic rings.